The Kier molecular flexibility index (Phi) is 7.91. The first kappa shape index (κ1) is 20.7. The van der Waals surface area contributed by atoms with Gasteiger partial charge >= 0.3 is 0 Å². The van der Waals surface area contributed by atoms with Crippen molar-refractivity contribution in [3.05, 3.63) is 35.4 Å². The molecule has 0 bridgehead atoms. The highest BCUT2D eigenvalue weighted by molar-refractivity contribution is 5.98. The Balaban J connectivity index is 0.00000288. The number of carbonyl (C=O) groups is 2. The molecule has 1 aliphatic heterocycles. The molecule has 1 saturated heterocycles. The quantitative estimate of drug-likeness (QED) is 0.828. The van der Waals surface area contributed by atoms with Crippen molar-refractivity contribution in [2.24, 2.45) is 17.6 Å². The molecular formula is C19H29ClN2O2. The fourth-order valence-electron chi connectivity index (χ4n) is 3.16. The van der Waals surface area contributed by atoms with Crippen molar-refractivity contribution in [1.82, 2.24) is 4.90 Å². The summed E-state index contributed by atoms with van der Waals surface area (Å²) in [5.74, 6) is 0.814. The number of hydrogen-bond acceptors (Lipinski definition) is 3. The number of benzene rings is 1. The number of likely N-dealkylation sites (tertiary alicyclic amines) is 1. The van der Waals surface area contributed by atoms with E-state index in [1.807, 2.05) is 12.1 Å². The number of nitrogens with zero attached hydrogens (tertiary/aromatic N) is 1. The van der Waals surface area contributed by atoms with Gasteiger partial charge in [-0.25, -0.2) is 0 Å². The Labute approximate surface area is 151 Å². The van der Waals surface area contributed by atoms with E-state index in [-0.39, 0.29) is 30.0 Å². The summed E-state index contributed by atoms with van der Waals surface area (Å²) in [7, 11) is 0. The van der Waals surface area contributed by atoms with E-state index in [9.17, 15) is 9.59 Å². The highest BCUT2D eigenvalue weighted by Gasteiger charge is 2.28. The molecule has 1 atom stereocenters. The lowest BCUT2D eigenvalue weighted by atomic mass is 9.88. The van der Waals surface area contributed by atoms with E-state index < -0.39 is 6.04 Å². The molecule has 5 heteroatoms. The first-order valence-electron chi connectivity index (χ1n) is 8.56. The van der Waals surface area contributed by atoms with E-state index in [2.05, 4.69) is 26.0 Å². The van der Waals surface area contributed by atoms with Crippen molar-refractivity contribution in [2.75, 3.05) is 13.1 Å². The molecule has 134 valence electrons. The highest BCUT2D eigenvalue weighted by Crippen LogP contribution is 2.22. The van der Waals surface area contributed by atoms with Crippen LogP contribution in [0.4, 0.5) is 0 Å². The van der Waals surface area contributed by atoms with Crippen molar-refractivity contribution < 1.29 is 9.59 Å². The summed E-state index contributed by atoms with van der Waals surface area (Å²) in [6.45, 7) is 7.34. The minimum absolute atomic E-state index is 0. The molecule has 2 rings (SSSR count). The van der Waals surface area contributed by atoms with Crippen LogP contribution < -0.4 is 5.73 Å². The van der Waals surface area contributed by atoms with E-state index in [1.165, 1.54) is 5.56 Å². The predicted molar refractivity (Wildman–Crippen MR) is 99.5 cm³/mol. The lowest BCUT2D eigenvalue weighted by Gasteiger charge is -2.32. The maximum atomic E-state index is 12.6. The van der Waals surface area contributed by atoms with Gasteiger partial charge in [0.05, 0.1) is 6.04 Å². The lowest BCUT2D eigenvalue weighted by Crippen LogP contribution is -2.46. The molecular weight excluding hydrogens is 324 g/mol. The van der Waals surface area contributed by atoms with Gasteiger partial charge < -0.3 is 10.6 Å². The zero-order valence-corrected chi connectivity index (χ0v) is 15.6. The summed E-state index contributed by atoms with van der Waals surface area (Å²) >= 11 is 0. The van der Waals surface area contributed by atoms with Gasteiger partial charge in [0.15, 0.2) is 5.78 Å². The molecule has 24 heavy (non-hydrogen) atoms. The zero-order chi connectivity index (χ0) is 17.0. The van der Waals surface area contributed by atoms with E-state index in [4.69, 9.17) is 5.73 Å². The van der Waals surface area contributed by atoms with Gasteiger partial charge in [-0.1, -0.05) is 38.1 Å². The smallest absolute Gasteiger partial charge is 0.239 e. The summed E-state index contributed by atoms with van der Waals surface area (Å²) in [6, 6.07) is 7.54. The van der Waals surface area contributed by atoms with E-state index in [0.717, 1.165) is 24.8 Å². The molecule has 0 spiro atoms. The molecule has 1 heterocycles. The van der Waals surface area contributed by atoms with Crippen LogP contribution in [0.1, 0.15) is 49.5 Å². The van der Waals surface area contributed by atoms with Crippen LogP contribution in [0.2, 0.25) is 0 Å². The van der Waals surface area contributed by atoms with Gasteiger partial charge in [-0.05, 0) is 37.7 Å². The van der Waals surface area contributed by atoms with Gasteiger partial charge in [0.25, 0.3) is 0 Å². The van der Waals surface area contributed by atoms with E-state index in [1.54, 1.807) is 11.8 Å². The number of halogens is 1. The molecule has 1 amide bonds. The molecule has 0 unspecified atom stereocenters. The maximum Gasteiger partial charge on any atom is 0.239 e. The SMILES string of the molecule is CC(C)Cc1ccc(C(=O)C2CCN(C(=O)[C@@H](C)N)CC2)cc1.Cl. The Morgan fingerprint density at radius 2 is 1.67 bits per heavy atom. The predicted octanol–water partition coefficient (Wildman–Crippen LogP) is 3.08. The fraction of sp³-hybridized carbons (Fsp3) is 0.579. The van der Waals surface area contributed by atoms with Crippen LogP contribution in [0.5, 0.6) is 0 Å². The standard InChI is InChI=1S/C19H28N2O2.ClH/c1-13(2)12-15-4-6-16(7-5-15)18(22)17-8-10-21(11-9-17)19(23)14(3)20;/h4-7,13-14,17H,8-12,20H2,1-3H3;1H/t14-;/m1./s1. The minimum Gasteiger partial charge on any atom is -0.341 e. The summed E-state index contributed by atoms with van der Waals surface area (Å²) in [4.78, 5) is 26.3. The van der Waals surface area contributed by atoms with Crippen LogP contribution >= 0.6 is 12.4 Å². The topological polar surface area (TPSA) is 63.4 Å². The summed E-state index contributed by atoms with van der Waals surface area (Å²) in [5.41, 5.74) is 7.70. The third-order valence-electron chi connectivity index (χ3n) is 4.45. The van der Waals surface area contributed by atoms with Crippen molar-refractivity contribution in [1.29, 1.82) is 0 Å². The second-order valence-corrected chi connectivity index (χ2v) is 7.05. The summed E-state index contributed by atoms with van der Waals surface area (Å²) < 4.78 is 0. The minimum atomic E-state index is -0.462. The number of nitrogens with two attached hydrogens (primary N) is 1. The summed E-state index contributed by atoms with van der Waals surface area (Å²) in [5, 5.41) is 0. The molecule has 1 fully saturated rings. The number of ketones is 1. The molecule has 0 radical (unpaired) electrons. The number of carbonyl (C=O) groups excluding carboxylic acids is 2. The Hall–Kier alpha value is -1.39. The fourth-order valence-corrected chi connectivity index (χ4v) is 3.16. The molecule has 1 aromatic rings. The van der Waals surface area contributed by atoms with Crippen LogP contribution in [0.15, 0.2) is 24.3 Å². The van der Waals surface area contributed by atoms with Crippen molar-refractivity contribution in [3.63, 3.8) is 0 Å². The number of Topliss-reactive ketones (excluding diaryl/α,β-unsaturated/α-hetero) is 1. The van der Waals surface area contributed by atoms with Gasteiger partial charge in [0.1, 0.15) is 0 Å². The molecule has 0 aliphatic carbocycles. The Morgan fingerprint density at radius 1 is 1.12 bits per heavy atom. The first-order valence-corrected chi connectivity index (χ1v) is 8.56. The number of rotatable bonds is 5. The van der Waals surface area contributed by atoms with Gasteiger partial charge in [0.2, 0.25) is 5.91 Å². The highest BCUT2D eigenvalue weighted by atomic mass is 35.5. The van der Waals surface area contributed by atoms with Gasteiger partial charge in [-0.2, -0.15) is 0 Å². The number of amides is 1. The molecule has 0 saturated carbocycles. The van der Waals surface area contributed by atoms with E-state index >= 15 is 0 Å². The first-order chi connectivity index (χ1) is 10.9. The third kappa shape index (κ3) is 5.32. The average Bonchev–Trinajstić information content (AvgIpc) is 2.53. The van der Waals surface area contributed by atoms with Crippen LogP contribution in [-0.2, 0) is 11.2 Å². The lowest BCUT2D eigenvalue weighted by molar-refractivity contribution is -0.133. The molecule has 1 aliphatic rings. The molecule has 0 aromatic heterocycles. The van der Waals surface area contributed by atoms with Gasteiger partial charge in [-0.3, -0.25) is 9.59 Å². The molecule has 1 aromatic carbocycles. The Morgan fingerprint density at radius 3 is 2.12 bits per heavy atom. The molecule has 2 N–H and O–H groups in total. The normalized spacial score (nSPS) is 16.6. The Bertz CT molecular complexity index is 547. The average molecular weight is 353 g/mol. The number of piperidine rings is 1. The summed E-state index contributed by atoms with van der Waals surface area (Å²) in [6.07, 6.45) is 2.49. The van der Waals surface area contributed by atoms with Crippen LogP contribution in [-0.4, -0.2) is 35.7 Å². The van der Waals surface area contributed by atoms with Crippen molar-refractivity contribution >= 4 is 24.1 Å². The second kappa shape index (κ2) is 9.19. The number of hydrogen-bond donors (Lipinski definition) is 1. The van der Waals surface area contributed by atoms with E-state index in [0.29, 0.717) is 19.0 Å². The zero-order valence-electron chi connectivity index (χ0n) is 14.8. The monoisotopic (exact) mass is 352 g/mol. The van der Waals surface area contributed by atoms with Crippen LogP contribution in [0.3, 0.4) is 0 Å². The van der Waals surface area contributed by atoms with Gasteiger partial charge in [0, 0.05) is 24.6 Å². The second-order valence-electron chi connectivity index (χ2n) is 7.05. The largest absolute Gasteiger partial charge is 0.341 e. The van der Waals surface area contributed by atoms with Crippen LogP contribution in [0, 0.1) is 11.8 Å². The third-order valence-corrected chi connectivity index (χ3v) is 4.45. The van der Waals surface area contributed by atoms with Crippen LogP contribution in [0.25, 0.3) is 0 Å². The van der Waals surface area contributed by atoms with Crippen molar-refractivity contribution in [3.8, 4) is 0 Å². The van der Waals surface area contributed by atoms with Gasteiger partial charge in [-0.15, -0.1) is 12.4 Å². The molecule has 4 nitrogen and oxygen atoms in total. The maximum absolute atomic E-state index is 12.6. The van der Waals surface area contributed by atoms with Crippen molar-refractivity contribution in [2.45, 2.75) is 46.1 Å².